The van der Waals surface area contributed by atoms with Gasteiger partial charge in [0.1, 0.15) is 0 Å². The minimum absolute atomic E-state index is 0.595. The third kappa shape index (κ3) is 2.19. The molecular weight excluding hydrogens is 170 g/mol. The highest BCUT2D eigenvalue weighted by Gasteiger charge is 2.04. The lowest BCUT2D eigenvalue weighted by Gasteiger charge is -2.13. The third-order valence-corrected chi connectivity index (χ3v) is 2.76. The molecule has 0 fully saturated rings. The Bertz CT molecular complexity index is 234. The van der Waals surface area contributed by atoms with E-state index in [0.717, 1.165) is 23.0 Å². The zero-order chi connectivity index (χ0) is 8.97. The second-order valence-electron chi connectivity index (χ2n) is 2.73. The maximum atomic E-state index is 5.49. The van der Waals surface area contributed by atoms with Crippen LogP contribution in [0.15, 0.2) is 6.20 Å². The lowest BCUT2D eigenvalue weighted by Crippen LogP contribution is -2.17. The van der Waals surface area contributed by atoms with Crippen molar-refractivity contribution in [1.82, 2.24) is 4.98 Å². The van der Waals surface area contributed by atoms with Gasteiger partial charge in [-0.25, -0.2) is 4.98 Å². The van der Waals surface area contributed by atoms with Gasteiger partial charge in [0.25, 0.3) is 0 Å². The molecular formula is C8H15N3S. The highest BCUT2D eigenvalue weighted by atomic mass is 32.1. The Balaban J connectivity index is 2.61. The Morgan fingerprint density at radius 3 is 2.92 bits per heavy atom. The molecule has 0 bridgehead atoms. The predicted molar refractivity (Wildman–Crippen MR) is 53.6 cm³/mol. The summed E-state index contributed by atoms with van der Waals surface area (Å²) in [7, 11) is 2.06. The summed E-state index contributed by atoms with van der Waals surface area (Å²) < 4.78 is 0. The average molecular weight is 185 g/mol. The molecule has 0 spiro atoms. The number of rotatable bonds is 4. The molecule has 2 N–H and O–H groups in total. The molecule has 1 heterocycles. The minimum Gasteiger partial charge on any atom is -0.351 e. The van der Waals surface area contributed by atoms with Crippen LogP contribution in [-0.4, -0.2) is 18.6 Å². The fraction of sp³-hybridized carbons (Fsp3) is 0.625. The molecule has 1 rings (SSSR count). The average Bonchev–Trinajstić information content (AvgIpc) is 2.52. The van der Waals surface area contributed by atoms with Crippen LogP contribution in [-0.2, 0) is 6.54 Å². The first kappa shape index (κ1) is 9.48. The number of anilines is 1. The predicted octanol–water partition coefficient (Wildman–Crippen LogP) is 1.45. The maximum Gasteiger partial charge on any atom is 0.185 e. The van der Waals surface area contributed by atoms with Crippen molar-refractivity contribution in [2.45, 2.75) is 19.9 Å². The van der Waals surface area contributed by atoms with E-state index in [1.165, 1.54) is 0 Å². The van der Waals surface area contributed by atoms with Crippen LogP contribution in [0.5, 0.6) is 0 Å². The van der Waals surface area contributed by atoms with Gasteiger partial charge in [-0.05, 0) is 6.42 Å². The molecule has 0 radical (unpaired) electrons. The largest absolute Gasteiger partial charge is 0.351 e. The summed E-state index contributed by atoms with van der Waals surface area (Å²) in [6.45, 7) is 3.81. The zero-order valence-corrected chi connectivity index (χ0v) is 8.40. The molecule has 1 aromatic heterocycles. The molecule has 0 saturated carbocycles. The second-order valence-corrected chi connectivity index (χ2v) is 3.83. The Morgan fingerprint density at radius 1 is 1.67 bits per heavy atom. The van der Waals surface area contributed by atoms with Crippen molar-refractivity contribution >= 4 is 16.5 Å². The third-order valence-electron chi connectivity index (χ3n) is 1.63. The van der Waals surface area contributed by atoms with Crippen LogP contribution in [0.4, 0.5) is 5.13 Å². The zero-order valence-electron chi connectivity index (χ0n) is 7.58. The van der Waals surface area contributed by atoms with Crippen molar-refractivity contribution in [3.05, 3.63) is 11.1 Å². The first-order valence-electron chi connectivity index (χ1n) is 4.13. The van der Waals surface area contributed by atoms with Gasteiger partial charge in [0.05, 0.1) is 0 Å². The van der Waals surface area contributed by atoms with Crippen molar-refractivity contribution in [1.29, 1.82) is 0 Å². The van der Waals surface area contributed by atoms with E-state index < -0.39 is 0 Å². The Kier molecular flexibility index (Phi) is 3.49. The van der Waals surface area contributed by atoms with Gasteiger partial charge in [0, 0.05) is 31.2 Å². The van der Waals surface area contributed by atoms with Gasteiger partial charge in [0.2, 0.25) is 0 Å². The summed E-state index contributed by atoms with van der Waals surface area (Å²) in [4.78, 5) is 7.57. The maximum absolute atomic E-state index is 5.49. The van der Waals surface area contributed by atoms with Gasteiger partial charge < -0.3 is 10.6 Å². The van der Waals surface area contributed by atoms with Crippen LogP contribution in [0.1, 0.15) is 18.2 Å². The van der Waals surface area contributed by atoms with E-state index in [9.17, 15) is 0 Å². The molecule has 0 amide bonds. The van der Waals surface area contributed by atoms with Crippen LogP contribution in [0.2, 0.25) is 0 Å². The summed E-state index contributed by atoms with van der Waals surface area (Å²) in [6, 6.07) is 0. The first-order chi connectivity index (χ1) is 5.77. The first-order valence-corrected chi connectivity index (χ1v) is 4.95. The Morgan fingerprint density at radius 2 is 2.42 bits per heavy atom. The Labute approximate surface area is 77.2 Å². The number of hydrogen-bond donors (Lipinski definition) is 1. The van der Waals surface area contributed by atoms with E-state index in [-0.39, 0.29) is 0 Å². The van der Waals surface area contributed by atoms with Crippen molar-refractivity contribution in [3.63, 3.8) is 0 Å². The van der Waals surface area contributed by atoms with Gasteiger partial charge >= 0.3 is 0 Å². The van der Waals surface area contributed by atoms with Crippen LogP contribution in [0.3, 0.4) is 0 Å². The van der Waals surface area contributed by atoms with Crippen LogP contribution in [0.25, 0.3) is 0 Å². The van der Waals surface area contributed by atoms with Crippen molar-refractivity contribution < 1.29 is 0 Å². The van der Waals surface area contributed by atoms with Crippen molar-refractivity contribution in [3.8, 4) is 0 Å². The van der Waals surface area contributed by atoms with Gasteiger partial charge in [-0.3, -0.25) is 0 Å². The van der Waals surface area contributed by atoms with E-state index in [1.54, 1.807) is 11.3 Å². The summed E-state index contributed by atoms with van der Waals surface area (Å²) in [5.74, 6) is 0. The van der Waals surface area contributed by atoms with E-state index in [1.807, 2.05) is 6.20 Å². The van der Waals surface area contributed by atoms with E-state index in [0.29, 0.717) is 6.54 Å². The molecule has 0 aromatic carbocycles. The summed E-state index contributed by atoms with van der Waals surface area (Å²) in [5.41, 5.74) is 5.49. The molecule has 1 aromatic rings. The van der Waals surface area contributed by atoms with Crippen LogP contribution in [0, 0.1) is 0 Å². The SMILES string of the molecule is CCCN(C)c1ncc(CN)s1. The molecule has 0 aliphatic rings. The highest BCUT2D eigenvalue weighted by molar-refractivity contribution is 7.15. The van der Waals surface area contributed by atoms with Crippen molar-refractivity contribution in [2.75, 3.05) is 18.5 Å². The number of thiazole rings is 1. The molecule has 12 heavy (non-hydrogen) atoms. The fourth-order valence-electron chi connectivity index (χ4n) is 0.999. The summed E-state index contributed by atoms with van der Waals surface area (Å²) in [6.07, 6.45) is 3.00. The standard InChI is InChI=1S/C8H15N3S/c1-3-4-11(2)8-10-6-7(5-9)12-8/h6H,3-5,9H2,1-2H3. The quantitative estimate of drug-likeness (QED) is 0.772. The summed E-state index contributed by atoms with van der Waals surface area (Å²) >= 11 is 1.67. The van der Waals surface area contributed by atoms with E-state index in [4.69, 9.17) is 5.73 Å². The molecule has 68 valence electrons. The smallest absolute Gasteiger partial charge is 0.185 e. The topological polar surface area (TPSA) is 42.2 Å². The number of aromatic nitrogens is 1. The lowest BCUT2D eigenvalue weighted by atomic mass is 10.5. The van der Waals surface area contributed by atoms with Crippen molar-refractivity contribution in [2.24, 2.45) is 5.73 Å². The molecule has 0 aliphatic carbocycles. The molecule has 3 nitrogen and oxygen atoms in total. The van der Waals surface area contributed by atoms with Gasteiger partial charge in [0.15, 0.2) is 5.13 Å². The molecule has 0 unspecified atom stereocenters. The monoisotopic (exact) mass is 185 g/mol. The number of hydrogen-bond acceptors (Lipinski definition) is 4. The summed E-state index contributed by atoms with van der Waals surface area (Å²) in [5, 5.41) is 1.07. The molecule has 0 saturated heterocycles. The normalized spacial score (nSPS) is 10.2. The van der Waals surface area contributed by atoms with Crippen LogP contribution < -0.4 is 10.6 Å². The van der Waals surface area contributed by atoms with E-state index >= 15 is 0 Å². The lowest BCUT2D eigenvalue weighted by molar-refractivity contribution is 0.848. The molecule has 4 heteroatoms. The fourth-order valence-corrected chi connectivity index (χ4v) is 1.77. The Hall–Kier alpha value is -0.610. The highest BCUT2D eigenvalue weighted by Crippen LogP contribution is 2.20. The van der Waals surface area contributed by atoms with Gasteiger partial charge in [-0.15, -0.1) is 11.3 Å². The van der Waals surface area contributed by atoms with Gasteiger partial charge in [-0.2, -0.15) is 0 Å². The van der Waals surface area contributed by atoms with E-state index in [2.05, 4.69) is 23.9 Å². The number of nitrogens with zero attached hydrogens (tertiary/aromatic N) is 2. The minimum atomic E-state index is 0.595. The van der Waals surface area contributed by atoms with Gasteiger partial charge in [-0.1, -0.05) is 6.92 Å². The second kappa shape index (κ2) is 4.42. The van der Waals surface area contributed by atoms with Crippen LogP contribution >= 0.6 is 11.3 Å². The number of nitrogens with two attached hydrogens (primary N) is 1. The molecule has 0 atom stereocenters. The molecule has 0 aliphatic heterocycles.